The molecule has 0 radical (unpaired) electrons. The molecule has 258 valence electrons. The number of pyridine rings is 1. The molecule has 0 spiro atoms. The number of thioether (sulfide) groups is 1. The number of hydrogen-bond donors (Lipinski definition) is 2. The van der Waals surface area contributed by atoms with Crippen LogP contribution in [0.25, 0.3) is 16.5 Å². The van der Waals surface area contributed by atoms with E-state index in [2.05, 4.69) is 19.9 Å². The normalized spacial score (nSPS) is 22.5. The van der Waals surface area contributed by atoms with Crippen LogP contribution in [0.1, 0.15) is 50.3 Å². The fourth-order valence-electron chi connectivity index (χ4n) is 6.67. The van der Waals surface area contributed by atoms with Gasteiger partial charge in [-0.05, 0) is 37.3 Å². The molecule has 48 heavy (non-hydrogen) atoms. The molecule has 2 unspecified atom stereocenters. The summed E-state index contributed by atoms with van der Waals surface area (Å²) in [6.07, 6.45) is 3.18. The zero-order valence-electron chi connectivity index (χ0n) is 26.9. The third kappa shape index (κ3) is 6.99. The number of nitrogens with two attached hydrogens (primary N) is 2. The summed E-state index contributed by atoms with van der Waals surface area (Å²) in [5, 5.41) is 9.07. The van der Waals surface area contributed by atoms with Crippen molar-refractivity contribution in [2.75, 3.05) is 64.0 Å². The molecule has 1 saturated carbocycles. The molecule has 0 amide bonds. The van der Waals surface area contributed by atoms with E-state index in [1.807, 2.05) is 17.9 Å². The summed E-state index contributed by atoms with van der Waals surface area (Å²) < 4.78 is 72.6. The van der Waals surface area contributed by atoms with Crippen molar-refractivity contribution >= 4 is 34.1 Å². The lowest BCUT2D eigenvalue weighted by atomic mass is 9.82. The Labute approximate surface area is 281 Å². The van der Waals surface area contributed by atoms with E-state index in [0.29, 0.717) is 19.7 Å². The van der Waals surface area contributed by atoms with Gasteiger partial charge in [-0.1, -0.05) is 31.2 Å². The molecule has 0 aromatic carbocycles. The molecular weight excluding hydrogens is 648 g/mol. The van der Waals surface area contributed by atoms with Gasteiger partial charge in [0.2, 0.25) is 0 Å². The minimum Gasteiger partial charge on any atom is -0.463 e. The topological polar surface area (TPSA) is 139 Å². The molecule has 2 atom stereocenters. The van der Waals surface area contributed by atoms with E-state index in [0.717, 1.165) is 76.2 Å². The Kier molecular flexibility index (Phi) is 10.2. The van der Waals surface area contributed by atoms with Gasteiger partial charge in [-0.3, -0.25) is 4.98 Å². The van der Waals surface area contributed by atoms with Gasteiger partial charge in [0.15, 0.2) is 0 Å². The second-order valence-corrected chi connectivity index (χ2v) is 14.0. The third-order valence-electron chi connectivity index (χ3n) is 9.36. The standard InChI is InChI=1S/C33H40F4N8O2S/c1-2-3-11-45(12-9-38)30-22-17-41-26(20-5-6-23(34)28-24(20)21(16-39)29(40)48-28)25(33(35,36)37)27(22)42-31(43-30)47-19-32(7-8-32)18-44-10-4-14-46-15-13-44/h5-6,17,24,28H,2-4,7-15,18-19,38,40H2,1H3. The average molecular weight is 689 g/mol. The summed E-state index contributed by atoms with van der Waals surface area (Å²) in [4.78, 5) is 17.6. The van der Waals surface area contributed by atoms with Crippen molar-refractivity contribution in [3.8, 4) is 12.1 Å². The molecule has 10 nitrogen and oxygen atoms in total. The Morgan fingerprint density at radius 1 is 1.21 bits per heavy atom. The van der Waals surface area contributed by atoms with Crippen molar-refractivity contribution in [1.82, 2.24) is 19.9 Å². The molecule has 4 N–H and O–H groups in total. The maximum Gasteiger partial charge on any atom is 0.420 e. The Hall–Kier alpha value is -3.45. The number of halogens is 4. The van der Waals surface area contributed by atoms with Crippen LogP contribution in [0.4, 0.5) is 23.4 Å². The first-order valence-corrected chi connectivity index (χ1v) is 17.3. The molecular formula is C33H40F4N8O2S. The van der Waals surface area contributed by atoms with Gasteiger partial charge >= 0.3 is 12.2 Å². The smallest absolute Gasteiger partial charge is 0.420 e. The van der Waals surface area contributed by atoms with Crippen molar-refractivity contribution in [2.24, 2.45) is 22.8 Å². The van der Waals surface area contributed by atoms with Crippen molar-refractivity contribution in [3.63, 3.8) is 0 Å². The maximum atomic E-state index is 15.3. The summed E-state index contributed by atoms with van der Waals surface area (Å²) in [5.41, 5.74) is 10.00. The fraction of sp³-hybridized carbons (Fsp3) is 0.576. The fourth-order valence-corrected chi connectivity index (χ4v) is 7.86. The molecule has 4 aliphatic rings. The van der Waals surface area contributed by atoms with Crippen LogP contribution < -0.4 is 21.1 Å². The first-order valence-electron chi connectivity index (χ1n) is 16.4. The monoisotopic (exact) mass is 688 g/mol. The molecule has 2 aromatic heterocycles. The summed E-state index contributed by atoms with van der Waals surface area (Å²) in [5.74, 6) is -1.36. The number of alkyl halides is 3. The maximum absolute atomic E-state index is 15.3. The first-order chi connectivity index (χ1) is 23.1. The number of allylic oxidation sites excluding steroid dienone is 4. The second kappa shape index (κ2) is 14.2. The lowest BCUT2D eigenvalue weighted by Gasteiger charge is -2.28. The second-order valence-electron chi connectivity index (χ2n) is 12.8. The molecule has 4 heterocycles. The van der Waals surface area contributed by atoms with Gasteiger partial charge in [0, 0.05) is 63.4 Å². The molecule has 2 aromatic rings. The van der Waals surface area contributed by atoms with Crippen molar-refractivity contribution in [3.05, 3.63) is 46.0 Å². The van der Waals surface area contributed by atoms with E-state index >= 15 is 13.2 Å². The predicted molar refractivity (Wildman–Crippen MR) is 176 cm³/mol. The Morgan fingerprint density at radius 3 is 2.73 bits per heavy atom. The zero-order chi connectivity index (χ0) is 34.1. The molecule has 15 heteroatoms. The van der Waals surface area contributed by atoms with Gasteiger partial charge < -0.3 is 30.7 Å². The van der Waals surface area contributed by atoms with Gasteiger partial charge in [-0.15, -0.1) is 0 Å². The first kappa shape index (κ1) is 34.4. The van der Waals surface area contributed by atoms with Crippen LogP contribution in [0.2, 0.25) is 0 Å². The molecule has 2 fully saturated rings. The zero-order valence-corrected chi connectivity index (χ0v) is 27.7. The number of ether oxygens (including phenoxy) is 2. The van der Waals surface area contributed by atoms with Gasteiger partial charge in [-0.2, -0.15) is 28.4 Å². The van der Waals surface area contributed by atoms with Crippen LogP contribution >= 0.6 is 11.8 Å². The molecule has 6 rings (SSSR count). The van der Waals surface area contributed by atoms with Crippen LogP contribution in [0.15, 0.2) is 34.8 Å². The Balaban J connectivity index is 1.46. The van der Waals surface area contributed by atoms with Crippen LogP contribution in [-0.4, -0.2) is 84.2 Å². The summed E-state index contributed by atoms with van der Waals surface area (Å²) in [6.45, 7) is 7.31. The average Bonchev–Trinajstić information content (AvgIpc) is 3.80. The number of anilines is 1. The molecule has 0 bridgehead atoms. The predicted octanol–water partition coefficient (Wildman–Crippen LogP) is 5.17. The number of nitriles is 1. The van der Waals surface area contributed by atoms with Crippen molar-refractivity contribution < 1.29 is 27.0 Å². The SMILES string of the molecule is CCCCN(CCN)c1nc(OCC2(CN3CCCOCC3)CC2)nc2c(C(F)(F)F)c(C3=CC=C(F)C4SC(N)=C(C#N)C34)ncc12. The number of unbranched alkanes of at least 4 members (excludes halogenated alkanes) is 1. The number of rotatable bonds is 12. The summed E-state index contributed by atoms with van der Waals surface area (Å²) in [7, 11) is 0. The summed E-state index contributed by atoms with van der Waals surface area (Å²) >= 11 is 0.923. The minimum atomic E-state index is -4.93. The number of aromatic nitrogens is 3. The molecule has 1 saturated heterocycles. The lowest BCUT2D eigenvalue weighted by Crippen LogP contribution is -2.35. The third-order valence-corrected chi connectivity index (χ3v) is 10.6. The highest BCUT2D eigenvalue weighted by Gasteiger charge is 2.47. The quantitative estimate of drug-likeness (QED) is 0.286. The van der Waals surface area contributed by atoms with E-state index in [1.165, 1.54) is 12.3 Å². The van der Waals surface area contributed by atoms with Gasteiger partial charge in [0.05, 0.1) is 51.7 Å². The van der Waals surface area contributed by atoms with Crippen molar-refractivity contribution in [2.45, 2.75) is 50.5 Å². The van der Waals surface area contributed by atoms with Gasteiger partial charge in [0.1, 0.15) is 17.2 Å². The highest BCUT2D eigenvalue weighted by Crippen LogP contribution is 2.53. The Morgan fingerprint density at radius 2 is 2.02 bits per heavy atom. The van der Waals surface area contributed by atoms with E-state index in [1.54, 1.807) is 0 Å². The minimum absolute atomic E-state index is 0.0151. The molecule has 2 aliphatic heterocycles. The lowest BCUT2D eigenvalue weighted by molar-refractivity contribution is -0.136. The van der Waals surface area contributed by atoms with Crippen LogP contribution in [0.5, 0.6) is 6.01 Å². The molecule has 2 aliphatic carbocycles. The largest absolute Gasteiger partial charge is 0.463 e. The number of fused-ring (bicyclic) bond motifs is 2. The van der Waals surface area contributed by atoms with E-state index in [9.17, 15) is 9.65 Å². The highest BCUT2D eigenvalue weighted by atomic mass is 32.2. The van der Waals surface area contributed by atoms with Crippen LogP contribution in [0, 0.1) is 22.7 Å². The van der Waals surface area contributed by atoms with Gasteiger partial charge in [-0.25, -0.2) is 4.39 Å². The van der Waals surface area contributed by atoms with Gasteiger partial charge in [0.25, 0.3) is 0 Å². The van der Waals surface area contributed by atoms with E-state index < -0.39 is 34.4 Å². The van der Waals surface area contributed by atoms with Crippen molar-refractivity contribution in [1.29, 1.82) is 5.26 Å². The summed E-state index contributed by atoms with van der Waals surface area (Å²) in [6, 6.07) is 1.82. The Bertz CT molecular complexity index is 1660. The van der Waals surface area contributed by atoms with E-state index in [-0.39, 0.29) is 57.5 Å². The van der Waals surface area contributed by atoms with E-state index in [4.69, 9.17) is 20.9 Å². The number of nitrogens with zero attached hydrogens (tertiary/aromatic N) is 6. The van der Waals surface area contributed by atoms with Crippen LogP contribution in [0.3, 0.4) is 0 Å². The number of hydrogen-bond acceptors (Lipinski definition) is 11. The highest BCUT2D eigenvalue weighted by molar-refractivity contribution is 8.04. The van der Waals surface area contributed by atoms with Crippen LogP contribution in [-0.2, 0) is 10.9 Å².